The van der Waals surface area contributed by atoms with Gasteiger partial charge in [0, 0.05) is 31.1 Å². The average Bonchev–Trinajstić information content (AvgIpc) is 3.06. The number of hydrogen-bond acceptors (Lipinski definition) is 7. The molecule has 4 rings (SSSR count). The number of carbonyl (C=O) groups excluding carboxylic acids is 2. The number of ether oxygens (including phenoxy) is 1. The molecule has 0 spiro atoms. The van der Waals surface area contributed by atoms with Crippen molar-refractivity contribution >= 4 is 33.2 Å². The number of anilines is 1. The second-order valence-electron chi connectivity index (χ2n) is 11.0. The molecule has 0 saturated heterocycles. The fraction of sp³-hybridized carbons (Fsp3) is 0.257. The highest BCUT2D eigenvalue weighted by Gasteiger charge is 2.35. The molecule has 0 aliphatic carbocycles. The summed E-state index contributed by atoms with van der Waals surface area (Å²) < 4.78 is 34.6. The van der Waals surface area contributed by atoms with E-state index in [1.807, 2.05) is 61.5 Å². The van der Waals surface area contributed by atoms with Gasteiger partial charge in [0.25, 0.3) is 15.7 Å². The monoisotopic (exact) mass is 658 g/mol. The smallest absolute Gasteiger partial charge is 0.273 e. The summed E-state index contributed by atoms with van der Waals surface area (Å²) in [7, 11) is -3.06. The van der Waals surface area contributed by atoms with E-state index in [-0.39, 0.29) is 40.7 Å². The molecule has 0 fully saturated rings. The molecule has 1 N–H and O–H groups in total. The highest BCUT2D eigenvalue weighted by molar-refractivity contribution is 7.92. The number of sulfonamides is 1. The van der Waals surface area contributed by atoms with Gasteiger partial charge >= 0.3 is 0 Å². The van der Waals surface area contributed by atoms with E-state index in [2.05, 4.69) is 5.32 Å². The summed E-state index contributed by atoms with van der Waals surface area (Å²) in [6.45, 7) is 4.90. The van der Waals surface area contributed by atoms with Gasteiger partial charge in [-0.05, 0) is 62.2 Å². The van der Waals surface area contributed by atoms with E-state index >= 15 is 0 Å². The number of aryl methyl sites for hydroxylation is 2. The highest BCUT2D eigenvalue weighted by atomic mass is 32.2. The molecule has 12 heteroatoms. The SMILES string of the molecule is CCNC(=O)C(Cc1ccccc1)N(Cc1ccc(C)cc1)C(=O)CN(c1ccc(OC)cc1)S(=O)(=O)c1ccc(C)c([N+](=O)[O-])c1. The molecule has 0 bridgehead atoms. The Hall–Kier alpha value is -5.23. The molecule has 47 heavy (non-hydrogen) atoms. The zero-order chi connectivity index (χ0) is 34.1. The normalized spacial score (nSPS) is 11.7. The van der Waals surface area contributed by atoms with Crippen LogP contribution in [0.5, 0.6) is 5.75 Å². The molecule has 0 saturated carbocycles. The number of amides is 2. The summed E-state index contributed by atoms with van der Waals surface area (Å²) in [6, 6.07) is 25.5. The predicted molar refractivity (Wildman–Crippen MR) is 180 cm³/mol. The number of nitro benzene ring substituents is 1. The number of hydrogen-bond donors (Lipinski definition) is 1. The van der Waals surface area contributed by atoms with Gasteiger partial charge in [-0.1, -0.05) is 66.2 Å². The number of carbonyl (C=O) groups is 2. The molecule has 4 aromatic rings. The van der Waals surface area contributed by atoms with Crippen molar-refractivity contribution in [3.8, 4) is 5.75 Å². The number of likely N-dealkylation sites (N-methyl/N-ethyl adjacent to an activating group) is 1. The van der Waals surface area contributed by atoms with Crippen molar-refractivity contribution in [3.63, 3.8) is 0 Å². The zero-order valence-corrected chi connectivity index (χ0v) is 27.6. The van der Waals surface area contributed by atoms with Crippen molar-refractivity contribution in [1.82, 2.24) is 10.2 Å². The third-order valence-electron chi connectivity index (χ3n) is 7.70. The summed E-state index contributed by atoms with van der Waals surface area (Å²) in [5.41, 5.74) is 2.63. The van der Waals surface area contributed by atoms with Gasteiger partial charge in [0.05, 0.1) is 22.6 Å². The molecular weight excluding hydrogens is 620 g/mol. The van der Waals surface area contributed by atoms with E-state index in [0.717, 1.165) is 27.1 Å². The standard InChI is InChI=1S/C35H38N4O7S/c1-5-36-35(41)33(21-27-9-7-6-8-10-27)37(23-28-14-11-25(2)12-15-28)34(40)24-38(29-16-18-30(46-4)19-17-29)47(44,45)31-20-13-26(3)32(22-31)39(42)43/h6-20,22,33H,5,21,23-24H2,1-4H3,(H,36,41). The maximum Gasteiger partial charge on any atom is 0.273 e. The maximum atomic E-state index is 14.5. The number of methoxy groups -OCH3 is 1. The third kappa shape index (κ3) is 8.53. The minimum Gasteiger partial charge on any atom is -0.497 e. The molecule has 0 radical (unpaired) electrons. The van der Waals surface area contributed by atoms with Crippen molar-refractivity contribution in [2.45, 2.75) is 44.7 Å². The van der Waals surface area contributed by atoms with Crippen LogP contribution in [0.25, 0.3) is 0 Å². The summed E-state index contributed by atoms with van der Waals surface area (Å²) in [5, 5.41) is 14.5. The molecule has 0 aliphatic rings. The van der Waals surface area contributed by atoms with Gasteiger partial charge in [0.2, 0.25) is 11.8 Å². The van der Waals surface area contributed by atoms with Crippen LogP contribution in [-0.2, 0) is 32.6 Å². The summed E-state index contributed by atoms with van der Waals surface area (Å²) in [5.74, 6) is -0.563. The first kappa shape index (κ1) is 34.6. The second-order valence-corrected chi connectivity index (χ2v) is 12.9. The average molecular weight is 659 g/mol. The second kappa shape index (κ2) is 15.4. The molecule has 4 aromatic carbocycles. The lowest BCUT2D eigenvalue weighted by Crippen LogP contribution is -2.53. The Kier molecular flexibility index (Phi) is 11.3. The molecule has 1 atom stereocenters. The fourth-order valence-electron chi connectivity index (χ4n) is 5.09. The first-order valence-electron chi connectivity index (χ1n) is 15.0. The highest BCUT2D eigenvalue weighted by Crippen LogP contribution is 2.30. The molecule has 2 amide bonds. The number of nitro groups is 1. The van der Waals surface area contributed by atoms with Gasteiger partial charge in [-0.3, -0.25) is 24.0 Å². The largest absolute Gasteiger partial charge is 0.497 e. The van der Waals surface area contributed by atoms with Crippen LogP contribution in [0.2, 0.25) is 0 Å². The lowest BCUT2D eigenvalue weighted by atomic mass is 10.0. The van der Waals surface area contributed by atoms with Crippen LogP contribution < -0.4 is 14.4 Å². The van der Waals surface area contributed by atoms with E-state index < -0.39 is 33.4 Å². The molecule has 1 unspecified atom stereocenters. The molecule has 246 valence electrons. The molecule has 0 aliphatic heterocycles. The van der Waals surface area contributed by atoms with E-state index in [0.29, 0.717) is 12.3 Å². The fourth-order valence-corrected chi connectivity index (χ4v) is 6.52. The van der Waals surface area contributed by atoms with Gasteiger partial charge in [-0.2, -0.15) is 0 Å². The van der Waals surface area contributed by atoms with Crippen LogP contribution in [0.4, 0.5) is 11.4 Å². The van der Waals surface area contributed by atoms with Gasteiger partial charge in [0.15, 0.2) is 0 Å². The van der Waals surface area contributed by atoms with Crippen LogP contribution in [-0.4, -0.2) is 56.3 Å². The van der Waals surface area contributed by atoms with Crippen LogP contribution in [0.1, 0.15) is 29.2 Å². The molecule has 0 aromatic heterocycles. The summed E-state index contributed by atoms with van der Waals surface area (Å²) in [4.78, 5) is 40.2. The van der Waals surface area contributed by atoms with E-state index in [9.17, 15) is 28.1 Å². The zero-order valence-electron chi connectivity index (χ0n) is 26.8. The Bertz CT molecular complexity index is 1810. The van der Waals surface area contributed by atoms with E-state index in [4.69, 9.17) is 4.74 Å². The number of nitrogens with one attached hydrogen (secondary N) is 1. The topological polar surface area (TPSA) is 139 Å². The van der Waals surface area contributed by atoms with Crippen molar-refractivity contribution in [2.75, 3.05) is 24.5 Å². The minimum atomic E-state index is -4.53. The minimum absolute atomic E-state index is 0.0280. The molecule has 0 heterocycles. The van der Waals surface area contributed by atoms with Crippen LogP contribution >= 0.6 is 0 Å². The van der Waals surface area contributed by atoms with Crippen LogP contribution in [0.15, 0.2) is 102 Å². The first-order valence-corrected chi connectivity index (χ1v) is 16.5. The van der Waals surface area contributed by atoms with Crippen LogP contribution in [0.3, 0.4) is 0 Å². The van der Waals surface area contributed by atoms with E-state index in [1.165, 1.54) is 43.2 Å². The van der Waals surface area contributed by atoms with Crippen molar-refractivity contribution in [3.05, 3.63) is 129 Å². The number of benzene rings is 4. The summed E-state index contributed by atoms with van der Waals surface area (Å²) >= 11 is 0. The van der Waals surface area contributed by atoms with Gasteiger partial charge in [-0.15, -0.1) is 0 Å². The Balaban J connectivity index is 1.83. The maximum absolute atomic E-state index is 14.5. The summed E-state index contributed by atoms with van der Waals surface area (Å²) in [6.07, 6.45) is 0.184. The third-order valence-corrected chi connectivity index (χ3v) is 9.47. The number of rotatable bonds is 14. The van der Waals surface area contributed by atoms with E-state index in [1.54, 1.807) is 19.1 Å². The van der Waals surface area contributed by atoms with Crippen molar-refractivity contribution in [1.29, 1.82) is 0 Å². The predicted octanol–water partition coefficient (Wildman–Crippen LogP) is 5.19. The molecule has 11 nitrogen and oxygen atoms in total. The first-order chi connectivity index (χ1) is 22.4. The Morgan fingerprint density at radius 2 is 1.57 bits per heavy atom. The van der Waals surface area contributed by atoms with Gasteiger partial charge < -0.3 is 15.0 Å². The van der Waals surface area contributed by atoms with Crippen LogP contribution in [0, 0.1) is 24.0 Å². The Morgan fingerprint density at radius 3 is 2.17 bits per heavy atom. The quantitative estimate of drug-likeness (QED) is 0.145. The lowest BCUT2D eigenvalue weighted by molar-refractivity contribution is -0.385. The van der Waals surface area contributed by atoms with Crippen molar-refractivity contribution < 1.29 is 27.7 Å². The Labute approximate surface area is 275 Å². The Morgan fingerprint density at radius 1 is 0.915 bits per heavy atom. The number of nitrogens with zero attached hydrogens (tertiary/aromatic N) is 3. The van der Waals surface area contributed by atoms with Crippen molar-refractivity contribution in [2.24, 2.45) is 0 Å². The lowest BCUT2D eigenvalue weighted by Gasteiger charge is -2.34. The molecular formula is C35H38N4O7S. The van der Waals surface area contributed by atoms with Gasteiger partial charge in [-0.25, -0.2) is 8.42 Å². The van der Waals surface area contributed by atoms with Gasteiger partial charge in [0.1, 0.15) is 18.3 Å².